The lowest BCUT2D eigenvalue weighted by atomic mass is 10.0. The third-order valence-electron chi connectivity index (χ3n) is 5.91. The van der Waals surface area contributed by atoms with E-state index in [2.05, 4.69) is 10.6 Å². The third kappa shape index (κ3) is 6.08. The van der Waals surface area contributed by atoms with Crippen LogP contribution < -0.4 is 15.5 Å². The van der Waals surface area contributed by atoms with Gasteiger partial charge < -0.3 is 15.1 Å². The van der Waals surface area contributed by atoms with Gasteiger partial charge in [-0.05, 0) is 66.9 Å². The molecule has 0 spiro atoms. The quantitative estimate of drug-likeness (QED) is 0.474. The Morgan fingerprint density at radius 2 is 1.71 bits per heavy atom. The second-order valence-electron chi connectivity index (χ2n) is 8.34. The van der Waals surface area contributed by atoms with Crippen LogP contribution in [0.25, 0.3) is 0 Å². The van der Waals surface area contributed by atoms with E-state index in [-0.39, 0.29) is 17.7 Å². The van der Waals surface area contributed by atoms with Gasteiger partial charge in [0.25, 0.3) is 5.91 Å². The van der Waals surface area contributed by atoms with Crippen LogP contribution in [-0.2, 0) is 9.59 Å². The van der Waals surface area contributed by atoms with E-state index < -0.39 is 30.2 Å². The summed E-state index contributed by atoms with van der Waals surface area (Å²) < 4.78 is 18.8. The Balaban J connectivity index is 1.67. The molecule has 1 saturated carbocycles. The van der Waals surface area contributed by atoms with E-state index in [0.717, 1.165) is 25.7 Å². The van der Waals surface area contributed by atoms with Crippen molar-refractivity contribution >= 4 is 35.0 Å². The molecule has 35 heavy (non-hydrogen) atoms. The Bertz CT molecular complexity index is 1160. The number of benzene rings is 2. The van der Waals surface area contributed by atoms with E-state index in [0.29, 0.717) is 16.3 Å². The van der Waals surface area contributed by atoms with E-state index in [1.807, 2.05) is 0 Å². The largest absolute Gasteiger partial charge is 0.459 e. The number of halogens is 2. The molecule has 182 valence electrons. The molecular formula is C26H25ClFN3O4. The maximum atomic E-state index is 13.7. The van der Waals surface area contributed by atoms with E-state index in [4.69, 9.17) is 16.0 Å². The summed E-state index contributed by atoms with van der Waals surface area (Å²) in [6.45, 7) is -0.392. The Morgan fingerprint density at radius 1 is 1.03 bits per heavy atom. The summed E-state index contributed by atoms with van der Waals surface area (Å²) >= 11 is 6.05. The van der Waals surface area contributed by atoms with Gasteiger partial charge in [0, 0.05) is 16.8 Å². The van der Waals surface area contributed by atoms with Gasteiger partial charge in [0.1, 0.15) is 11.9 Å². The highest BCUT2D eigenvalue weighted by atomic mass is 35.5. The molecule has 4 rings (SSSR count). The molecule has 1 fully saturated rings. The average Bonchev–Trinajstić information content (AvgIpc) is 3.57. The van der Waals surface area contributed by atoms with Crippen molar-refractivity contribution in [1.82, 2.24) is 10.6 Å². The summed E-state index contributed by atoms with van der Waals surface area (Å²) in [6.07, 6.45) is 5.11. The van der Waals surface area contributed by atoms with Crippen molar-refractivity contribution in [3.63, 3.8) is 0 Å². The summed E-state index contributed by atoms with van der Waals surface area (Å²) in [5, 5.41) is 6.03. The smallest absolute Gasteiger partial charge is 0.287 e. The molecule has 3 amide bonds. The number of hydrogen-bond donors (Lipinski definition) is 2. The lowest BCUT2D eigenvalue weighted by Gasteiger charge is -2.32. The van der Waals surface area contributed by atoms with E-state index in [9.17, 15) is 18.8 Å². The molecule has 1 atom stereocenters. The molecule has 2 N–H and O–H groups in total. The predicted molar refractivity (Wildman–Crippen MR) is 130 cm³/mol. The number of hydrogen-bond acceptors (Lipinski definition) is 4. The molecule has 3 aromatic rings. The first-order chi connectivity index (χ1) is 16.9. The van der Waals surface area contributed by atoms with Crippen molar-refractivity contribution in [2.24, 2.45) is 0 Å². The first-order valence-corrected chi connectivity index (χ1v) is 11.8. The molecule has 0 bridgehead atoms. The number of furan rings is 1. The summed E-state index contributed by atoms with van der Waals surface area (Å²) in [5.41, 5.74) is 0.838. The van der Waals surface area contributed by atoms with Crippen molar-refractivity contribution in [3.05, 3.63) is 89.1 Å². The van der Waals surface area contributed by atoms with Crippen molar-refractivity contribution in [2.75, 3.05) is 11.4 Å². The molecule has 2 aromatic carbocycles. The van der Waals surface area contributed by atoms with Crippen molar-refractivity contribution < 1.29 is 23.2 Å². The second kappa shape index (κ2) is 11.2. The SMILES string of the molecule is O=C(NCC(=O)N(c1ccc(Cl)cc1)[C@@H](C(=O)NC1CCCC1)c1ccc(F)cc1)c1ccco1. The second-order valence-corrected chi connectivity index (χ2v) is 8.78. The highest BCUT2D eigenvalue weighted by Crippen LogP contribution is 2.30. The van der Waals surface area contributed by atoms with Gasteiger partial charge in [-0.2, -0.15) is 0 Å². The number of amides is 3. The van der Waals surface area contributed by atoms with Crippen LogP contribution in [0.5, 0.6) is 0 Å². The van der Waals surface area contributed by atoms with Crippen molar-refractivity contribution in [2.45, 2.75) is 37.8 Å². The molecule has 9 heteroatoms. The minimum Gasteiger partial charge on any atom is -0.459 e. The fourth-order valence-electron chi connectivity index (χ4n) is 4.19. The molecule has 1 aromatic heterocycles. The van der Waals surface area contributed by atoms with Gasteiger partial charge in [-0.3, -0.25) is 19.3 Å². The first kappa shape index (κ1) is 24.5. The Morgan fingerprint density at radius 3 is 2.34 bits per heavy atom. The van der Waals surface area contributed by atoms with Crippen LogP contribution in [0.2, 0.25) is 5.02 Å². The van der Waals surface area contributed by atoms with Crippen LogP contribution in [0.4, 0.5) is 10.1 Å². The number of rotatable bonds is 8. The zero-order valence-corrected chi connectivity index (χ0v) is 19.6. The molecule has 1 aliphatic carbocycles. The van der Waals surface area contributed by atoms with Crippen LogP contribution in [0, 0.1) is 5.82 Å². The van der Waals surface area contributed by atoms with Crippen molar-refractivity contribution in [3.8, 4) is 0 Å². The number of carbonyl (C=O) groups is 3. The van der Waals surface area contributed by atoms with E-state index in [1.54, 1.807) is 30.3 Å². The Kier molecular flexibility index (Phi) is 7.82. The number of carbonyl (C=O) groups excluding carboxylic acids is 3. The fraction of sp³-hybridized carbons (Fsp3) is 0.269. The first-order valence-electron chi connectivity index (χ1n) is 11.4. The minimum atomic E-state index is -1.09. The highest BCUT2D eigenvalue weighted by molar-refractivity contribution is 6.30. The maximum Gasteiger partial charge on any atom is 0.287 e. The van der Waals surface area contributed by atoms with Crippen LogP contribution in [0.3, 0.4) is 0 Å². The van der Waals surface area contributed by atoms with Gasteiger partial charge in [-0.25, -0.2) is 4.39 Å². The van der Waals surface area contributed by atoms with Crippen LogP contribution >= 0.6 is 11.6 Å². The van der Waals surface area contributed by atoms with Gasteiger partial charge in [0.05, 0.1) is 12.8 Å². The Hall–Kier alpha value is -3.65. The lowest BCUT2D eigenvalue weighted by Crippen LogP contribution is -2.49. The molecule has 0 unspecified atom stereocenters. The summed E-state index contributed by atoms with van der Waals surface area (Å²) in [4.78, 5) is 40.7. The molecule has 7 nitrogen and oxygen atoms in total. The normalized spacial score (nSPS) is 14.3. The van der Waals surface area contributed by atoms with Gasteiger partial charge in [-0.15, -0.1) is 0 Å². The molecule has 1 heterocycles. The topological polar surface area (TPSA) is 91.7 Å². The zero-order chi connectivity index (χ0) is 24.8. The number of anilines is 1. The molecular weight excluding hydrogens is 473 g/mol. The number of nitrogens with zero attached hydrogens (tertiary/aromatic N) is 1. The highest BCUT2D eigenvalue weighted by Gasteiger charge is 2.34. The van der Waals surface area contributed by atoms with E-state index >= 15 is 0 Å². The number of nitrogens with one attached hydrogen (secondary N) is 2. The summed E-state index contributed by atoms with van der Waals surface area (Å²) in [7, 11) is 0. The van der Waals surface area contributed by atoms with Gasteiger partial charge in [-0.1, -0.05) is 36.6 Å². The monoisotopic (exact) mass is 497 g/mol. The minimum absolute atomic E-state index is 0.00581. The van der Waals surface area contributed by atoms with Crippen molar-refractivity contribution in [1.29, 1.82) is 0 Å². The van der Waals surface area contributed by atoms with Crippen LogP contribution in [-0.4, -0.2) is 30.3 Å². The summed E-state index contributed by atoms with van der Waals surface area (Å²) in [5.74, 6) is -1.89. The fourth-order valence-corrected chi connectivity index (χ4v) is 4.31. The zero-order valence-electron chi connectivity index (χ0n) is 18.9. The van der Waals surface area contributed by atoms with Gasteiger partial charge in [0.2, 0.25) is 11.8 Å². The molecule has 0 aliphatic heterocycles. The van der Waals surface area contributed by atoms with Crippen LogP contribution in [0.15, 0.2) is 71.3 Å². The molecule has 1 aliphatic rings. The Labute approximate surface area is 207 Å². The molecule has 0 saturated heterocycles. The van der Waals surface area contributed by atoms with Gasteiger partial charge in [0.15, 0.2) is 5.76 Å². The van der Waals surface area contributed by atoms with Crippen LogP contribution in [0.1, 0.15) is 47.8 Å². The standard InChI is InChI=1S/C26H25ClFN3O4/c27-18-9-13-21(14-10-18)31(23(32)16-29-25(33)22-6-3-15-35-22)24(17-7-11-19(28)12-8-17)26(34)30-20-4-1-2-5-20/h3,6-15,20,24H,1-2,4-5,16H2,(H,29,33)(H,30,34)/t24-/m1/s1. The van der Waals surface area contributed by atoms with Gasteiger partial charge >= 0.3 is 0 Å². The lowest BCUT2D eigenvalue weighted by molar-refractivity contribution is -0.126. The maximum absolute atomic E-state index is 13.7. The summed E-state index contributed by atoms with van der Waals surface area (Å²) in [6, 6.07) is 13.9. The molecule has 0 radical (unpaired) electrons. The third-order valence-corrected chi connectivity index (χ3v) is 6.16. The predicted octanol–water partition coefficient (Wildman–Crippen LogP) is 4.64. The average molecular weight is 498 g/mol. The van der Waals surface area contributed by atoms with E-state index in [1.165, 1.54) is 41.5 Å².